The lowest BCUT2D eigenvalue weighted by Crippen LogP contribution is -2.58. The van der Waals surface area contributed by atoms with Gasteiger partial charge in [-0.25, -0.2) is 4.79 Å². The molecule has 1 aromatic carbocycles. The Morgan fingerprint density at radius 2 is 1.79 bits per heavy atom. The average Bonchev–Trinajstić information content (AvgIpc) is 2.94. The highest BCUT2D eigenvalue weighted by molar-refractivity contribution is 5.69. The molecule has 1 aliphatic heterocycles. The zero-order valence-corrected chi connectivity index (χ0v) is 13.9. The first-order valence-electron chi connectivity index (χ1n) is 7.81. The van der Waals surface area contributed by atoms with Crippen LogP contribution >= 0.6 is 0 Å². The van der Waals surface area contributed by atoms with Gasteiger partial charge in [-0.2, -0.15) is 13.2 Å². The van der Waals surface area contributed by atoms with E-state index in [2.05, 4.69) is 0 Å². The molecule has 1 N–H and O–H groups in total. The minimum atomic E-state index is -4.93. The van der Waals surface area contributed by atoms with Crippen LogP contribution in [0.2, 0.25) is 0 Å². The summed E-state index contributed by atoms with van der Waals surface area (Å²) in [4.78, 5) is 13.3. The van der Waals surface area contributed by atoms with E-state index in [9.17, 15) is 23.1 Å². The number of hydrogen-bond acceptors (Lipinski definition) is 3. The second-order valence-electron chi connectivity index (χ2n) is 6.96. The Morgan fingerprint density at radius 1 is 1.21 bits per heavy atom. The Labute approximate surface area is 139 Å². The predicted molar refractivity (Wildman–Crippen MR) is 82.4 cm³/mol. The molecule has 0 unspecified atom stereocenters. The number of alkyl halides is 3. The second-order valence-corrected chi connectivity index (χ2v) is 6.96. The van der Waals surface area contributed by atoms with Gasteiger partial charge < -0.3 is 14.7 Å². The van der Waals surface area contributed by atoms with Crippen molar-refractivity contribution in [2.24, 2.45) is 0 Å². The van der Waals surface area contributed by atoms with E-state index in [0.29, 0.717) is 6.42 Å². The third-order valence-electron chi connectivity index (χ3n) is 4.01. The quantitative estimate of drug-likeness (QED) is 0.886. The largest absolute Gasteiger partial charge is 0.444 e. The summed E-state index contributed by atoms with van der Waals surface area (Å²) in [6, 6.07) is 5.45. The van der Waals surface area contributed by atoms with Crippen LogP contribution in [0, 0.1) is 0 Å². The lowest BCUT2D eigenvalue weighted by atomic mass is 9.84. The van der Waals surface area contributed by atoms with E-state index in [4.69, 9.17) is 4.74 Å². The van der Waals surface area contributed by atoms with Gasteiger partial charge in [-0.3, -0.25) is 0 Å². The van der Waals surface area contributed by atoms with Crippen molar-refractivity contribution in [1.29, 1.82) is 0 Å². The van der Waals surface area contributed by atoms with Crippen LogP contribution in [0.1, 0.15) is 39.2 Å². The summed E-state index contributed by atoms with van der Waals surface area (Å²) >= 11 is 0. The van der Waals surface area contributed by atoms with Crippen molar-refractivity contribution in [1.82, 2.24) is 4.90 Å². The Balaban J connectivity index is 2.41. The number of hydrogen-bond donors (Lipinski definition) is 1. The smallest absolute Gasteiger partial charge is 0.423 e. The van der Waals surface area contributed by atoms with Gasteiger partial charge in [-0.1, -0.05) is 30.3 Å². The molecule has 0 radical (unpaired) electrons. The summed E-state index contributed by atoms with van der Waals surface area (Å²) in [5.41, 5.74) is -4.24. The molecule has 4 nitrogen and oxygen atoms in total. The molecular weight excluding hydrogens is 323 g/mol. The standard InChI is InChI=1S/C17H22F3NO3/c1-15(2,3)24-14(22)21-11-7-10-13(21)16(23,17(18,19)20)12-8-5-4-6-9-12/h4-6,8-9,13,23H,7,10-11H2,1-3H3/t13-,16-/m0/s1. The number of amides is 1. The fourth-order valence-corrected chi connectivity index (χ4v) is 2.98. The maximum atomic E-state index is 13.8. The first-order valence-corrected chi connectivity index (χ1v) is 7.81. The number of nitrogens with zero attached hydrogens (tertiary/aromatic N) is 1. The number of rotatable bonds is 2. The Hall–Kier alpha value is -1.76. The molecule has 7 heteroatoms. The van der Waals surface area contributed by atoms with Gasteiger partial charge in [0, 0.05) is 6.54 Å². The molecule has 134 valence electrons. The van der Waals surface area contributed by atoms with Gasteiger partial charge >= 0.3 is 12.3 Å². The fraction of sp³-hybridized carbons (Fsp3) is 0.588. The molecule has 2 atom stereocenters. The van der Waals surface area contributed by atoms with Crippen LogP contribution in [0.4, 0.5) is 18.0 Å². The number of benzene rings is 1. The molecule has 0 aliphatic carbocycles. The summed E-state index contributed by atoms with van der Waals surface area (Å²) in [5.74, 6) is 0. The van der Waals surface area contributed by atoms with Crippen LogP contribution in [-0.4, -0.2) is 40.5 Å². The van der Waals surface area contributed by atoms with Crippen molar-refractivity contribution >= 4 is 6.09 Å². The van der Waals surface area contributed by atoms with Crippen molar-refractivity contribution in [3.05, 3.63) is 35.9 Å². The van der Waals surface area contributed by atoms with Crippen molar-refractivity contribution in [3.63, 3.8) is 0 Å². The maximum Gasteiger partial charge on any atom is 0.423 e. The van der Waals surface area contributed by atoms with Gasteiger partial charge in [0.2, 0.25) is 5.60 Å². The molecule has 1 aliphatic rings. The lowest BCUT2D eigenvalue weighted by molar-refractivity contribution is -0.283. The normalized spacial score (nSPS) is 21.5. The number of carbonyl (C=O) groups excluding carboxylic acids is 1. The zero-order valence-electron chi connectivity index (χ0n) is 13.9. The zero-order chi connectivity index (χ0) is 18.2. The van der Waals surface area contributed by atoms with Gasteiger partial charge in [-0.15, -0.1) is 0 Å². The molecule has 0 saturated carbocycles. The first-order chi connectivity index (χ1) is 11.0. The molecule has 1 fully saturated rings. The monoisotopic (exact) mass is 345 g/mol. The minimum absolute atomic E-state index is 0.0458. The molecule has 1 heterocycles. The predicted octanol–water partition coefficient (Wildman–Crippen LogP) is 3.84. The van der Waals surface area contributed by atoms with Gasteiger partial charge in [0.25, 0.3) is 0 Å². The molecule has 2 rings (SSSR count). The van der Waals surface area contributed by atoms with Crippen molar-refractivity contribution in [2.75, 3.05) is 6.54 Å². The highest BCUT2D eigenvalue weighted by Gasteiger charge is 2.62. The minimum Gasteiger partial charge on any atom is -0.444 e. The molecule has 0 aromatic heterocycles. The van der Waals surface area contributed by atoms with E-state index < -0.39 is 29.5 Å². The molecule has 1 aromatic rings. The van der Waals surface area contributed by atoms with E-state index in [1.54, 1.807) is 26.8 Å². The Kier molecular flexibility index (Phi) is 4.86. The van der Waals surface area contributed by atoms with Gasteiger partial charge in [0.05, 0.1) is 6.04 Å². The SMILES string of the molecule is CC(C)(C)OC(=O)N1CCC[C@H]1[C@@](O)(c1ccccc1)C(F)(F)F. The van der Waals surface area contributed by atoms with Crippen LogP contribution in [0.25, 0.3) is 0 Å². The molecule has 0 spiro atoms. The summed E-state index contributed by atoms with van der Waals surface area (Å²) in [6.45, 7) is 5.04. The van der Waals surface area contributed by atoms with Gasteiger partial charge in [-0.05, 0) is 39.2 Å². The molecule has 1 amide bonds. The van der Waals surface area contributed by atoms with E-state index in [1.807, 2.05) is 0 Å². The van der Waals surface area contributed by atoms with Crippen molar-refractivity contribution in [3.8, 4) is 0 Å². The average molecular weight is 345 g/mol. The Morgan fingerprint density at radius 3 is 2.29 bits per heavy atom. The molecule has 1 saturated heterocycles. The second kappa shape index (κ2) is 6.27. The van der Waals surface area contributed by atoms with Crippen LogP contribution in [0.15, 0.2) is 30.3 Å². The van der Waals surface area contributed by atoms with Crippen molar-refractivity contribution in [2.45, 2.75) is 57.0 Å². The van der Waals surface area contributed by atoms with Crippen LogP contribution in [0.3, 0.4) is 0 Å². The summed E-state index contributed by atoms with van der Waals surface area (Å²) in [7, 11) is 0. The van der Waals surface area contributed by atoms with Crippen LogP contribution < -0.4 is 0 Å². The molecule has 24 heavy (non-hydrogen) atoms. The number of halogens is 3. The van der Waals surface area contributed by atoms with Crippen molar-refractivity contribution < 1.29 is 27.8 Å². The van der Waals surface area contributed by atoms with E-state index in [1.165, 1.54) is 24.3 Å². The third kappa shape index (κ3) is 3.50. The number of likely N-dealkylation sites (tertiary alicyclic amines) is 1. The summed E-state index contributed by atoms with van der Waals surface area (Å²) in [6.07, 6.45) is -5.35. The first kappa shape index (κ1) is 18.6. The highest BCUT2D eigenvalue weighted by atomic mass is 19.4. The fourth-order valence-electron chi connectivity index (χ4n) is 2.98. The highest BCUT2D eigenvalue weighted by Crippen LogP contribution is 2.46. The maximum absolute atomic E-state index is 13.8. The summed E-state index contributed by atoms with van der Waals surface area (Å²) in [5, 5.41) is 10.7. The topological polar surface area (TPSA) is 49.8 Å². The Bertz CT molecular complexity index is 583. The third-order valence-corrected chi connectivity index (χ3v) is 4.01. The summed E-state index contributed by atoms with van der Waals surface area (Å²) < 4.78 is 46.6. The number of carbonyl (C=O) groups is 1. The van der Waals surface area contributed by atoms with Gasteiger partial charge in [0.1, 0.15) is 5.60 Å². The van der Waals surface area contributed by atoms with Crippen LogP contribution in [-0.2, 0) is 10.3 Å². The molecule has 0 bridgehead atoms. The lowest BCUT2D eigenvalue weighted by Gasteiger charge is -2.40. The number of ether oxygens (including phenoxy) is 1. The van der Waals surface area contributed by atoms with E-state index in [-0.39, 0.29) is 18.5 Å². The van der Waals surface area contributed by atoms with Crippen LogP contribution in [0.5, 0.6) is 0 Å². The van der Waals surface area contributed by atoms with E-state index in [0.717, 1.165) is 4.90 Å². The molecular formula is C17H22F3NO3. The van der Waals surface area contributed by atoms with Gasteiger partial charge in [0.15, 0.2) is 0 Å². The number of aliphatic hydroxyl groups is 1. The van der Waals surface area contributed by atoms with E-state index >= 15 is 0 Å².